The molecule has 112 valence electrons. The molecular weight excluding hydrogens is 350 g/mol. The van der Waals surface area contributed by atoms with E-state index in [-0.39, 0.29) is 11.3 Å². The summed E-state index contributed by atoms with van der Waals surface area (Å²) in [4.78, 5) is 10.7. The molecule has 20 heavy (non-hydrogen) atoms. The second-order valence-corrected chi connectivity index (χ2v) is 7.39. The molecule has 0 saturated heterocycles. The highest BCUT2D eigenvalue weighted by atomic mass is 79.9. The van der Waals surface area contributed by atoms with Crippen molar-refractivity contribution in [2.75, 3.05) is 7.11 Å². The Balaban J connectivity index is 3.05. The number of hydrogen-bond donors (Lipinski definition) is 2. The van der Waals surface area contributed by atoms with Crippen LogP contribution in [0.4, 0.5) is 0 Å². The van der Waals surface area contributed by atoms with Gasteiger partial charge in [-0.1, -0.05) is 0 Å². The SMILES string of the molecule is COc1ccc(S(=O)(=O)NC(C)(C)CC(=O)O)cc1Br. The lowest BCUT2D eigenvalue weighted by Crippen LogP contribution is -2.44. The van der Waals surface area contributed by atoms with E-state index in [9.17, 15) is 13.2 Å². The molecule has 6 nitrogen and oxygen atoms in total. The molecule has 0 spiro atoms. The quantitative estimate of drug-likeness (QED) is 0.803. The molecule has 0 bridgehead atoms. The van der Waals surface area contributed by atoms with Gasteiger partial charge in [-0.05, 0) is 48.0 Å². The van der Waals surface area contributed by atoms with Crippen LogP contribution in [0, 0.1) is 0 Å². The third-order valence-corrected chi connectivity index (χ3v) is 4.75. The highest BCUT2D eigenvalue weighted by Gasteiger charge is 2.28. The molecule has 0 fully saturated rings. The minimum atomic E-state index is -3.81. The lowest BCUT2D eigenvalue weighted by atomic mass is 10.0. The third kappa shape index (κ3) is 4.46. The van der Waals surface area contributed by atoms with E-state index in [1.165, 1.54) is 39.2 Å². The Labute approximate surface area is 126 Å². The zero-order valence-corrected chi connectivity index (χ0v) is 13.7. The summed E-state index contributed by atoms with van der Waals surface area (Å²) in [7, 11) is -2.34. The van der Waals surface area contributed by atoms with Crippen LogP contribution in [0.2, 0.25) is 0 Å². The molecular formula is C12H16BrNO5S. The van der Waals surface area contributed by atoms with Crippen LogP contribution in [-0.2, 0) is 14.8 Å². The van der Waals surface area contributed by atoms with Crippen LogP contribution in [0.5, 0.6) is 5.75 Å². The van der Waals surface area contributed by atoms with E-state index in [4.69, 9.17) is 9.84 Å². The van der Waals surface area contributed by atoms with Crippen molar-refractivity contribution in [1.82, 2.24) is 4.72 Å². The third-order valence-electron chi connectivity index (χ3n) is 2.44. The Morgan fingerprint density at radius 1 is 1.45 bits per heavy atom. The van der Waals surface area contributed by atoms with Crippen LogP contribution >= 0.6 is 15.9 Å². The molecule has 0 aliphatic rings. The van der Waals surface area contributed by atoms with Gasteiger partial charge in [0.1, 0.15) is 5.75 Å². The Kier molecular flexibility index (Phi) is 5.17. The largest absolute Gasteiger partial charge is 0.496 e. The highest BCUT2D eigenvalue weighted by Crippen LogP contribution is 2.28. The molecule has 0 aliphatic heterocycles. The van der Waals surface area contributed by atoms with E-state index < -0.39 is 21.5 Å². The zero-order chi connectivity index (χ0) is 15.6. The molecule has 1 rings (SSSR count). The fourth-order valence-corrected chi connectivity index (χ4v) is 3.78. The second-order valence-electron chi connectivity index (χ2n) is 4.86. The van der Waals surface area contributed by atoms with E-state index in [2.05, 4.69) is 20.7 Å². The standard InChI is InChI=1S/C12H16BrNO5S/c1-12(2,7-11(15)16)14-20(17,18)8-4-5-10(19-3)9(13)6-8/h4-6,14H,7H2,1-3H3,(H,15,16). The van der Waals surface area contributed by atoms with Gasteiger partial charge in [0.05, 0.1) is 22.9 Å². The number of halogens is 1. The van der Waals surface area contributed by atoms with Gasteiger partial charge < -0.3 is 9.84 Å². The van der Waals surface area contributed by atoms with Crippen LogP contribution in [-0.4, -0.2) is 32.1 Å². The number of sulfonamides is 1. The maximum atomic E-state index is 12.2. The zero-order valence-electron chi connectivity index (χ0n) is 11.3. The molecule has 0 amide bonds. The van der Waals surface area contributed by atoms with E-state index >= 15 is 0 Å². The lowest BCUT2D eigenvalue weighted by Gasteiger charge is -2.24. The van der Waals surface area contributed by atoms with E-state index in [1.807, 2.05) is 0 Å². The van der Waals surface area contributed by atoms with E-state index in [1.54, 1.807) is 0 Å². The molecule has 0 heterocycles. The summed E-state index contributed by atoms with van der Waals surface area (Å²) < 4.78 is 32.3. The van der Waals surface area contributed by atoms with Crippen molar-refractivity contribution < 1.29 is 23.1 Å². The van der Waals surface area contributed by atoms with Gasteiger partial charge >= 0.3 is 5.97 Å². The van der Waals surface area contributed by atoms with Crippen molar-refractivity contribution >= 4 is 31.9 Å². The fraction of sp³-hybridized carbons (Fsp3) is 0.417. The van der Waals surface area contributed by atoms with Gasteiger partial charge in [0.25, 0.3) is 0 Å². The first-order valence-electron chi connectivity index (χ1n) is 5.67. The molecule has 0 atom stereocenters. The maximum Gasteiger partial charge on any atom is 0.305 e. The minimum absolute atomic E-state index is 0.0311. The summed E-state index contributed by atoms with van der Waals surface area (Å²) in [5, 5.41) is 8.77. The summed E-state index contributed by atoms with van der Waals surface area (Å²) in [6, 6.07) is 4.31. The Bertz CT molecular complexity index is 612. The van der Waals surface area contributed by atoms with Gasteiger partial charge in [0.2, 0.25) is 10.0 Å². The number of rotatable bonds is 6. The van der Waals surface area contributed by atoms with Crippen molar-refractivity contribution in [2.45, 2.75) is 30.7 Å². The van der Waals surface area contributed by atoms with Crippen molar-refractivity contribution in [3.05, 3.63) is 22.7 Å². The number of aliphatic carboxylic acids is 1. The normalized spacial score (nSPS) is 12.2. The summed E-state index contributed by atoms with van der Waals surface area (Å²) in [5.74, 6) is -0.567. The fourth-order valence-electron chi connectivity index (χ4n) is 1.65. The minimum Gasteiger partial charge on any atom is -0.496 e. The summed E-state index contributed by atoms with van der Waals surface area (Å²) in [6.07, 6.45) is -0.316. The van der Waals surface area contributed by atoms with Crippen LogP contribution in [0.3, 0.4) is 0 Å². The highest BCUT2D eigenvalue weighted by molar-refractivity contribution is 9.10. The predicted octanol–water partition coefficient (Wildman–Crippen LogP) is 1.99. The summed E-state index contributed by atoms with van der Waals surface area (Å²) in [6.45, 7) is 3.02. The van der Waals surface area contributed by atoms with Crippen molar-refractivity contribution in [2.24, 2.45) is 0 Å². The number of ether oxygens (including phenoxy) is 1. The maximum absolute atomic E-state index is 12.2. The number of carboxylic acid groups (broad SMARTS) is 1. The van der Waals surface area contributed by atoms with Gasteiger partial charge in [-0.25, -0.2) is 13.1 Å². The van der Waals surface area contributed by atoms with E-state index in [0.717, 1.165) is 0 Å². The molecule has 0 saturated carbocycles. The summed E-state index contributed by atoms with van der Waals surface area (Å²) in [5.41, 5.74) is -1.09. The number of hydrogen-bond acceptors (Lipinski definition) is 4. The topological polar surface area (TPSA) is 92.7 Å². The van der Waals surface area contributed by atoms with Crippen molar-refractivity contribution in [1.29, 1.82) is 0 Å². The molecule has 0 unspecified atom stereocenters. The van der Waals surface area contributed by atoms with Crippen molar-refractivity contribution in [3.8, 4) is 5.75 Å². The Morgan fingerprint density at radius 2 is 2.05 bits per heavy atom. The Morgan fingerprint density at radius 3 is 2.50 bits per heavy atom. The second kappa shape index (κ2) is 6.11. The lowest BCUT2D eigenvalue weighted by molar-refractivity contribution is -0.138. The molecule has 8 heteroatoms. The molecule has 1 aromatic carbocycles. The van der Waals surface area contributed by atoms with Crippen LogP contribution < -0.4 is 9.46 Å². The monoisotopic (exact) mass is 365 g/mol. The average molecular weight is 366 g/mol. The molecule has 0 radical (unpaired) electrons. The molecule has 2 N–H and O–H groups in total. The van der Waals surface area contributed by atoms with Crippen LogP contribution in [0.25, 0.3) is 0 Å². The van der Waals surface area contributed by atoms with Crippen LogP contribution in [0.1, 0.15) is 20.3 Å². The predicted molar refractivity (Wildman–Crippen MR) is 77.3 cm³/mol. The van der Waals surface area contributed by atoms with E-state index in [0.29, 0.717) is 10.2 Å². The first-order valence-corrected chi connectivity index (χ1v) is 7.94. The molecule has 1 aromatic rings. The van der Waals surface area contributed by atoms with Gasteiger partial charge in [-0.3, -0.25) is 4.79 Å². The number of methoxy groups -OCH3 is 1. The van der Waals surface area contributed by atoms with Gasteiger partial charge in [-0.15, -0.1) is 0 Å². The summed E-state index contributed by atoms with van der Waals surface area (Å²) >= 11 is 3.21. The van der Waals surface area contributed by atoms with Crippen molar-refractivity contribution in [3.63, 3.8) is 0 Å². The number of nitrogens with one attached hydrogen (secondary N) is 1. The number of benzene rings is 1. The molecule has 0 aliphatic carbocycles. The van der Waals surface area contributed by atoms with Gasteiger partial charge in [-0.2, -0.15) is 0 Å². The van der Waals surface area contributed by atoms with Gasteiger partial charge in [0, 0.05) is 5.54 Å². The first-order chi connectivity index (χ1) is 9.07. The number of carboxylic acids is 1. The average Bonchev–Trinajstić information content (AvgIpc) is 2.25. The number of carbonyl (C=O) groups is 1. The smallest absolute Gasteiger partial charge is 0.305 e. The first kappa shape index (κ1) is 16.9. The Hall–Kier alpha value is -1.12. The van der Waals surface area contributed by atoms with Gasteiger partial charge in [0.15, 0.2) is 0 Å². The van der Waals surface area contributed by atoms with Crippen LogP contribution in [0.15, 0.2) is 27.6 Å². The molecule has 0 aromatic heterocycles.